The molecule has 88 valence electrons. The molecule has 0 saturated carbocycles. The summed E-state index contributed by atoms with van der Waals surface area (Å²) >= 11 is 1.78. The molecule has 0 aliphatic heterocycles. The van der Waals surface area contributed by atoms with Gasteiger partial charge in [-0.2, -0.15) is 11.8 Å². The molecule has 0 aliphatic rings. The first-order valence-corrected chi connectivity index (χ1v) is 6.28. The number of hydrogen-bond acceptors (Lipinski definition) is 3. The summed E-state index contributed by atoms with van der Waals surface area (Å²) in [4.78, 5) is 21.2. The fourth-order valence-electron chi connectivity index (χ4n) is 0.919. The van der Waals surface area contributed by atoms with Gasteiger partial charge in [-0.25, -0.2) is 4.79 Å². The van der Waals surface area contributed by atoms with E-state index in [0.29, 0.717) is 6.54 Å². The third-order valence-electron chi connectivity index (χ3n) is 1.69. The van der Waals surface area contributed by atoms with Crippen molar-refractivity contribution in [3.8, 4) is 0 Å². The van der Waals surface area contributed by atoms with Crippen molar-refractivity contribution < 1.29 is 14.7 Å². The Kier molecular flexibility index (Phi) is 9.05. The summed E-state index contributed by atoms with van der Waals surface area (Å²) in [5.74, 6) is 0.192. The minimum Gasteiger partial charge on any atom is -0.481 e. The number of amides is 2. The van der Waals surface area contributed by atoms with Crippen molar-refractivity contribution in [2.24, 2.45) is 0 Å². The minimum atomic E-state index is -0.907. The molecule has 0 spiro atoms. The van der Waals surface area contributed by atoms with Crippen LogP contribution in [0.5, 0.6) is 0 Å². The number of unbranched alkanes of at least 4 members (excludes halogenated alkanes) is 1. The lowest BCUT2D eigenvalue weighted by atomic mass is 10.3. The van der Waals surface area contributed by atoms with Crippen molar-refractivity contribution in [1.82, 2.24) is 10.6 Å². The number of rotatable bonds is 8. The number of carboxylic acids is 1. The number of urea groups is 1. The fourth-order valence-corrected chi connectivity index (χ4v) is 1.41. The summed E-state index contributed by atoms with van der Waals surface area (Å²) in [5, 5.41) is 13.5. The van der Waals surface area contributed by atoms with E-state index < -0.39 is 5.97 Å². The highest BCUT2D eigenvalue weighted by atomic mass is 32.2. The molecule has 2 amide bonds. The molecule has 0 radical (unpaired) electrons. The van der Waals surface area contributed by atoms with E-state index >= 15 is 0 Å². The standard InChI is InChI=1S/C9H18N2O3S/c1-15-7-3-2-5-10-9(14)11-6-4-8(12)13/h2-7H2,1H3,(H,12,13)(H2,10,11,14). The number of carbonyl (C=O) groups is 2. The van der Waals surface area contributed by atoms with Gasteiger partial charge >= 0.3 is 12.0 Å². The molecule has 3 N–H and O–H groups in total. The molecule has 0 atom stereocenters. The Labute approximate surface area is 94.0 Å². The highest BCUT2D eigenvalue weighted by molar-refractivity contribution is 7.98. The summed E-state index contributed by atoms with van der Waals surface area (Å²) < 4.78 is 0. The molecule has 0 saturated heterocycles. The van der Waals surface area contributed by atoms with E-state index in [4.69, 9.17) is 5.11 Å². The maximum Gasteiger partial charge on any atom is 0.314 e. The Balaban J connectivity index is 3.22. The van der Waals surface area contributed by atoms with Gasteiger partial charge in [0.1, 0.15) is 0 Å². The zero-order chi connectivity index (χ0) is 11.5. The van der Waals surface area contributed by atoms with Crippen LogP contribution in [0.15, 0.2) is 0 Å². The maximum atomic E-state index is 11.0. The average Bonchev–Trinajstić information content (AvgIpc) is 2.17. The zero-order valence-corrected chi connectivity index (χ0v) is 9.73. The van der Waals surface area contributed by atoms with Crippen LogP contribution in [-0.2, 0) is 4.79 Å². The molecular weight excluding hydrogens is 216 g/mol. The van der Waals surface area contributed by atoms with Crippen LogP contribution in [0.25, 0.3) is 0 Å². The molecule has 0 bridgehead atoms. The summed E-state index contributed by atoms with van der Waals surface area (Å²) in [7, 11) is 0. The van der Waals surface area contributed by atoms with Gasteiger partial charge < -0.3 is 15.7 Å². The van der Waals surface area contributed by atoms with Crippen molar-refractivity contribution >= 4 is 23.8 Å². The van der Waals surface area contributed by atoms with Crippen molar-refractivity contribution in [2.75, 3.05) is 25.1 Å². The zero-order valence-electron chi connectivity index (χ0n) is 8.91. The highest BCUT2D eigenvalue weighted by Crippen LogP contribution is 1.97. The quantitative estimate of drug-likeness (QED) is 0.545. The lowest BCUT2D eigenvalue weighted by Gasteiger charge is -2.05. The van der Waals surface area contributed by atoms with Crippen LogP contribution in [0.1, 0.15) is 19.3 Å². The topological polar surface area (TPSA) is 78.4 Å². The van der Waals surface area contributed by atoms with E-state index in [9.17, 15) is 9.59 Å². The van der Waals surface area contributed by atoms with E-state index in [1.807, 2.05) is 6.26 Å². The predicted octanol–water partition coefficient (Wildman–Crippen LogP) is 0.903. The highest BCUT2D eigenvalue weighted by Gasteiger charge is 2.00. The van der Waals surface area contributed by atoms with Crippen LogP contribution in [0, 0.1) is 0 Å². The first-order valence-electron chi connectivity index (χ1n) is 4.89. The molecule has 6 heteroatoms. The van der Waals surface area contributed by atoms with E-state index in [-0.39, 0.29) is 19.0 Å². The third-order valence-corrected chi connectivity index (χ3v) is 2.38. The second kappa shape index (κ2) is 9.64. The van der Waals surface area contributed by atoms with Crippen molar-refractivity contribution in [1.29, 1.82) is 0 Å². The molecular formula is C9H18N2O3S. The lowest BCUT2D eigenvalue weighted by Crippen LogP contribution is -2.37. The fraction of sp³-hybridized carbons (Fsp3) is 0.778. The molecule has 0 aromatic rings. The van der Waals surface area contributed by atoms with Gasteiger partial charge in [0, 0.05) is 13.1 Å². The number of hydrogen-bond donors (Lipinski definition) is 3. The molecule has 0 aromatic carbocycles. The SMILES string of the molecule is CSCCCCNC(=O)NCCC(=O)O. The molecule has 0 rings (SSSR count). The number of carbonyl (C=O) groups excluding carboxylic acids is 1. The van der Waals surface area contributed by atoms with Gasteiger partial charge in [-0.15, -0.1) is 0 Å². The van der Waals surface area contributed by atoms with E-state index in [1.54, 1.807) is 11.8 Å². The first kappa shape index (κ1) is 14.1. The molecule has 0 unspecified atom stereocenters. The van der Waals surface area contributed by atoms with Crippen LogP contribution >= 0.6 is 11.8 Å². The monoisotopic (exact) mass is 234 g/mol. The molecule has 0 aliphatic carbocycles. The molecule has 0 aromatic heterocycles. The second-order valence-electron chi connectivity index (χ2n) is 3.03. The number of thioether (sulfide) groups is 1. The van der Waals surface area contributed by atoms with E-state index in [2.05, 4.69) is 10.6 Å². The predicted molar refractivity (Wildman–Crippen MR) is 61.3 cm³/mol. The number of nitrogens with one attached hydrogen (secondary N) is 2. The average molecular weight is 234 g/mol. The molecule has 0 fully saturated rings. The first-order chi connectivity index (χ1) is 7.16. The Bertz CT molecular complexity index is 200. The van der Waals surface area contributed by atoms with Gasteiger partial charge in [0.2, 0.25) is 0 Å². The van der Waals surface area contributed by atoms with Crippen molar-refractivity contribution in [3.63, 3.8) is 0 Å². The summed E-state index contributed by atoms with van der Waals surface area (Å²) in [6.07, 6.45) is 4.04. The Hall–Kier alpha value is -0.910. The van der Waals surface area contributed by atoms with E-state index in [1.165, 1.54) is 0 Å². The second-order valence-corrected chi connectivity index (χ2v) is 4.01. The van der Waals surface area contributed by atoms with Crippen LogP contribution < -0.4 is 10.6 Å². The third kappa shape index (κ3) is 11.0. The smallest absolute Gasteiger partial charge is 0.314 e. The van der Waals surface area contributed by atoms with Crippen LogP contribution in [-0.4, -0.2) is 42.2 Å². The maximum absolute atomic E-state index is 11.0. The van der Waals surface area contributed by atoms with Crippen molar-refractivity contribution in [3.05, 3.63) is 0 Å². The van der Waals surface area contributed by atoms with Gasteiger partial charge in [-0.05, 0) is 24.9 Å². The lowest BCUT2D eigenvalue weighted by molar-refractivity contribution is -0.136. The minimum absolute atomic E-state index is 0.0418. The van der Waals surface area contributed by atoms with Crippen LogP contribution in [0.4, 0.5) is 4.79 Å². The largest absolute Gasteiger partial charge is 0.481 e. The van der Waals surface area contributed by atoms with Gasteiger partial charge in [0.15, 0.2) is 0 Å². The normalized spacial score (nSPS) is 9.67. The van der Waals surface area contributed by atoms with Gasteiger partial charge in [-0.1, -0.05) is 0 Å². The summed E-state index contributed by atoms with van der Waals surface area (Å²) in [6, 6.07) is -0.291. The van der Waals surface area contributed by atoms with Gasteiger partial charge in [-0.3, -0.25) is 4.79 Å². The number of aliphatic carboxylic acids is 1. The summed E-state index contributed by atoms with van der Waals surface area (Å²) in [6.45, 7) is 0.811. The summed E-state index contributed by atoms with van der Waals surface area (Å²) in [5.41, 5.74) is 0. The Morgan fingerprint density at radius 3 is 2.47 bits per heavy atom. The molecule has 5 nitrogen and oxygen atoms in total. The van der Waals surface area contributed by atoms with Crippen molar-refractivity contribution in [2.45, 2.75) is 19.3 Å². The Morgan fingerprint density at radius 2 is 1.87 bits per heavy atom. The molecule has 15 heavy (non-hydrogen) atoms. The Morgan fingerprint density at radius 1 is 1.20 bits per heavy atom. The van der Waals surface area contributed by atoms with Gasteiger partial charge in [0.05, 0.1) is 6.42 Å². The van der Waals surface area contributed by atoms with Crippen LogP contribution in [0.2, 0.25) is 0 Å². The van der Waals surface area contributed by atoms with Gasteiger partial charge in [0.25, 0.3) is 0 Å². The molecule has 0 heterocycles. The van der Waals surface area contributed by atoms with E-state index in [0.717, 1.165) is 18.6 Å². The van der Waals surface area contributed by atoms with Crippen LogP contribution in [0.3, 0.4) is 0 Å². The number of carboxylic acid groups (broad SMARTS) is 1.